The molecule has 1 aromatic heterocycles. The molecule has 1 aliphatic heterocycles. The van der Waals surface area contributed by atoms with Gasteiger partial charge in [0, 0.05) is 37.5 Å². The third-order valence-corrected chi connectivity index (χ3v) is 4.98. The third-order valence-electron chi connectivity index (χ3n) is 4.73. The highest BCUT2D eigenvalue weighted by Gasteiger charge is 2.14. The second-order valence-electron chi connectivity index (χ2n) is 6.85. The largest absolute Gasteiger partial charge is 0.357 e. The van der Waals surface area contributed by atoms with Gasteiger partial charge in [-0.1, -0.05) is 30.2 Å². The Morgan fingerprint density at radius 3 is 2.81 bits per heavy atom. The molecule has 0 fully saturated rings. The second-order valence-corrected chi connectivity index (χ2v) is 7.28. The van der Waals surface area contributed by atoms with Gasteiger partial charge in [-0.2, -0.15) is 0 Å². The predicted molar refractivity (Wildman–Crippen MR) is 110 cm³/mol. The molecule has 0 saturated heterocycles. The summed E-state index contributed by atoms with van der Waals surface area (Å²) in [5.74, 6) is 3.12. The summed E-state index contributed by atoms with van der Waals surface area (Å²) in [5.41, 5.74) is 1.14. The summed E-state index contributed by atoms with van der Waals surface area (Å²) in [6, 6.07) is 7.81. The fraction of sp³-hybridized carbons (Fsp3) is 0.550. The van der Waals surface area contributed by atoms with Gasteiger partial charge in [0.2, 0.25) is 0 Å². The van der Waals surface area contributed by atoms with Gasteiger partial charge in [-0.3, -0.25) is 0 Å². The Balaban J connectivity index is 1.47. The van der Waals surface area contributed by atoms with Crippen LogP contribution in [0.2, 0.25) is 5.02 Å². The Morgan fingerprint density at radius 2 is 2.00 bits per heavy atom. The lowest BCUT2D eigenvalue weighted by Crippen LogP contribution is -2.37. The van der Waals surface area contributed by atoms with Gasteiger partial charge in [-0.05, 0) is 43.9 Å². The van der Waals surface area contributed by atoms with Crippen LogP contribution in [0.25, 0.3) is 0 Å². The average molecular weight is 389 g/mol. The molecular formula is C20H29ClN6. The number of benzene rings is 1. The molecule has 0 bridgehead atoms. The summed E-state index contributed by atoms with van der Waals surface area (Å²) < 4.78 is 2.33. The van der Waals surface area contributed by atoms with Crippen molar-refractivity contribution in [3.05, 3.63) is 46.5 Å². The average Bonchev–Trinajstić information content (AvgIpc) is 2.90. The van der Waals surface area contributed by atoms with E-state index in [0.29, 0.717) is 6.54 Å². The molecule has 0 radical (unpaired) electrons. The fourth-order valence-corrected chi connectivity index (χ4v) is 3.41. The number of aliphatic imine (C=N–C) groups is 1. The summed E-state index contributed by atoms with van der Waals surface area (Å²) in [5, 5.41) is 16.2. The maximum absolute atomic E-state index is 5.93. The van der Waals surface area contributed by atoms with Crippen molar-refractivity contribution >= 4 is 17.6 Å². The van der Waals surface area contributed by atoms with Gasteiger partial charge in [-0.15, -0.1) is 10.2 Å². The zero-order chi connectivity index (χ0) is 18.9. The van der Waals surface area contributed by atoms with Crippen LogP contribution in [0, 0.1) is 0 Å². The highest BCUT2D eigenvalue weighted by Crippen LogP contribution is 2.15. The minimum absolute atomic E-state index is 0.629. The monoisotopic (exact) mass is 388 g/mol. The van der Waals surface area contributed by atoms with Crippen LogP contribution in [0.15, 0.2) is 29.3 Å². The van der Waals surface area contributed by atoms with E-state index in [2.05, 4.69) is 37.3 Å². The van der Waals surface area contributed by atoms with Gasteiger partial charge in [0.15, 0.2) is 5.96 Å². The zero-order valence-corrected chi connectivity index (χ0v) is 16.8. The van der Waals surface area contributed by atoms with E-state index in [1.54, 1.807) is 0 Å². The van der Waals surface area contributed by atoms with E-state index in [0.717, 1.165) is 67.1 Å². The van der Waals surface area contributed by atoms with Gasteiger partial charge in [0.1, 0.15) is 11.6 Å². The quantitative estimate of drug-likeness (QED) is 0.433. The molecule has 0 spiro atoms. The first-order valence-electron chi connectivity index (χ1n) is 9.94. The first-order chi connectivity index (χ1) is 13.3. The summed E-state index contributed by atoms with van der Waals surface area (Å²) in [6.45, 7) is 5.46. The molecule has 0 atom stereocenters. The van der Waals surface area contributed by atoms with Gasteiger partial charge in [-0.25, -0.2) is 4.99 Å². The van der Waals surface area contributed by atoms with Crippen LogP contribution < -0.4 is 10.6 Å². The topological polar surface area (TPSA) is 67.1 Å². The molecule has 3 rings (SSSR count). The highest BCUT2D eigenvalue weighted by molar-refractivity contribution is 6.30. The van der Waals surface area contributed by atoms with Crippen molar-refractivity contribution in [2.75, 3.05) is 13.1 Å². The van der Waals surface area contributed by atoms with Gasteiger partial charge in [0.25, 0.3) is 0 Å². The SMILES string of the molecule is CCNC(=NCc1ccc(Cl)cc1)NCCCc1nnc2n1CCCCC2. The summed E-state index contributed by atoms with van der Waals surface area (Å²) in [7, 11) is 0. The van der Waals surface area contributed by atoms with Crippen LogP contribution in [0.3, 0.4) is 0 Å². The van der Waals surface area contributed by atoms with Crippen molar-refractivity contribution < 1.29 is 0 Å². The number of fused-ring (bicyclic) bond motifs is 1. The molecule has 6 nitrogen and oxygen atoms in total. The van der Waals surface area contributed by atoms with Crippen LogP contribution in [0.1, 0.15) is 49.8 Å². The van der Waals surface area contributed by atoms with E-state index in [1.165, 1.54) is 19.3 Å². The molecule has 0 amide bonds. The van der Waals surface area contributed by atoms with E-state index in [1.807, 2.05) is 24.3 Å². The lowest BCUT2D eigenvalue weighted by molar-refractivity contribution is 0.594. The second kappa shape index (κ2) is 10.3. The minimum atomic E-state index is 0.629. The molecule has 146 valence electrons. The predicted octanol–water partition coefficient (Wildman–Crippen LogP) is 3.35. The summed E-state index contributed by atoms with van der Waals surface area (Å²) in [4.78, 5) is 4.65. The lowest BCUT2D eigenvalue weighted by atomic mass is 10.2. The van der Waals surface area contributed by atoms with E-state index in [-0.39, 0.29) is 0 Å². The molecule has 0 saturated carbocycles. The minimum Gasteiger partial charge on any atom is -0.357 e. The number of nitrogens with zero attached hydrogens (tertiary/aromatic N) is 4. The molecule has 27 heavy (non-hydrogen) atoms. The number of aromatic nitrogens is 3. The Bertz CT molecular complexity index is 737. The van der Waals surface area contributed by atoms with Crippen molar-refractivity contribution in [3.63, 3.8) is 0 Å². The fourth-order valence-electron chi connectivity index (χ4n) is 3.29. The van der Waals surface area contributed by atoms with Crippen LogP contribution in [-0.4, -0.2) is 33.8 Å². The van der Waals surface area contributed by atoms with Crippen LogP contribution in [-0.2, 0) is 25.9 Å². The van der Waals surface area contributed by atoms with Crippen molar-refractivity contribution in [2.24, 2.45) is 4.99 Å². The molecule has 0 unspecified atom stereocenters. The van der Waals surface area contributed by atoms with E-state index >= 15 is 0 Å². The third kappa shape index (κ3) is 5.96. The molecule has 0 aliphatic carbocycles. The normalized spacial score (nSPS) is 14.5. The van der Waals surface area contributed by atoms with Gasteiger partial charge >= 0.3 is 0 Å². The standard InChI is InChI=1S/C20H29ClN6/c1-2-22-20(24-15-16-9-11-17(21)12-10-16)23-13-6-8-19-26-25-18-7-4-3-5-14-27(18)19/h9-12H,2-8,13-15H2,1H3,(H2,22,23,24). The van der Waals surface area contributed by atoms with Crippen LogP contribution in [0.4, 0.5) is 0 Å². The van der Waals surface area contributed by atoms with E-state index < -0.39 is 0 Å². The summed E-state index contributed by atoms with van der Waals surface area (Å²) >= 11 is 5.93. The number of rotatable bonds is 7. The molecule has 1 aliphatic rings. The number of hydrogen-bond acceptors (Lipinski definition) is 3. The first-order valence-corrected chi connectivity index (χ1v) is 10.3. The number of aryl methyl sites for hydroxylation is 2. The van der Waals surface area contributed by atoms with Crippen molar-refractivity contribution in [1.82, 2.24) is 25.4 Å². The van der Waals surface area contributed by atoms with Crippen molar-refractivity contribution in [1.29, 1.82) is 0 Å². The molecule has 2 aromatic rings. The maximum Gasteiger partial charge on any atom is 0.191 e. The number of nitrogens with one attached hydrogen (secondary N) is 2. The first kappa shape index (κ1) is 19.7. The zero-order valence-electron chi connectivity index (χ0n) is 16.0. The van der Waals surface area contributed by atoms with Gasteiger partial charge in [0.05, 0.1) is 6.54 Å². The van der Waals surface area contributed by atoms with Crippen molar-refractivity contribution in [2.45, 2.75) is 58.5 Å². The molecule has 2 N–H and O–H groups in total. The lowest BCUT2D eigenvalue weighted by Gasteiger charge is -2.11. The highest BCUT2D eigenvalue weighted by atomic mass is 35.5. The Labute approximate surface area is 166 Å². The molecule has 2 heterocycles. The Kier molecular flexibility index (Phi) is 7.51. The number of guanidine groups is 1. The number of halogens is 1. The Hall–Kier alpha value is -2.08. The van der Waals surface area contributed by atoms with Crippen molar-refractivity contribution in [3.8, 4) is 0 Å². The van der Waals surface area contributed by atoms with E-state index in [4.69, 9.17) is 11.6 Å². The number of hydrogen-bond donors (Lipinski definition) is 2. The van der Waals surface area contributed by atoms with Crippen LogP contribution >= 0.6 is 11.6 Å². The van der Waals surface area contributed by atoms with Crippen LogP contribution in [0.5, 0.6) is 0 Å². The maximum atomic E-state index is 5.93. The summed E-state index contributed by atoms with van der Waals surface area (Å²) in [6.07, 6.45) is 6.77. The molecule has 7 heteroatoms. The Morgan fingerprint density at radius 1 is 1.15 bits per heavy atom. The smallest absolute Gasteiger partial charge is 0.191 e. The van der Waals surface area contributed by atoms with E-state index in [9.17, 15) is 0 Å². The van der Waals surface area contributed by atoms with Gasteiger partial charge < -0.3 is 15.2 Å². The molecular weight excluding hydrogens is 360 g/mol. The molecule has 1 aromatic carbocycles.